The van der Waals surface area contributed by atoms with Gasteiger partial charge in [0.05, 0.1) is 32.7 Å². The first kappa shape index (κ1) is 27.5. The van der Waals surface area contributed by atoms with E-state index in [9.17, 15) is 24.0 Å². The molecule has 0 aliphatic rings. The predicted molar refractivity (Wildman–Crippen MR) is 115 cm³/mol. The highest BCUT2D eigenvalue weighted by Gasteiger charge is 2.19. The highest BCUT2D eigenvalue weighted by molar-refractivity contribution is 5.92. The van der Waals surface area contributed by atoms with Crippen LogP contribution in [0, 0.1) is 0 Å². The minimum atomic E-state index is -1.22. The van der Waals surface area contributed by atoms with Crippen molar-refractivity contribution >= 4 is 35.5 Å². The van der Waals surface area contributed by atoms with Gasteiger partial charge in [-0.3, -0.25) is 38.7 Å². The molecule has 33 heavy (non-hydrogen) atoms. The van der Waals surface area contributed by atoms with E-state index >= 15 is 0 Å². The molecule has 1 rings (SSSR count). The molecular weight excluding hydrogens is 440 g/mol. The van der Waals surface area contributed by atoms with Crippen LogP contribution in [0.15, 0.2) is 30.3 Å². The molecular formula is C20H28N4O9. The molecule has 0 aromatic heterocycles. The van der Waals surface area contributed by atoms with Crippen LogP contribution in [-0.2, 0) is 24.0 Å². The molecule has 13 heteroatoms. The molecule has 5 N–H and O–H groups in total. The molecule has 0 saturated carbocycles. The smallest absolute Gasteiger partial charge is 0.317 e. The van der Waals surface area contributed by atoms with Gasteiger partial charge in [0.1, 0.15) is 0 Å². The summed E-state index contributed by atoms with van der Waals surface area (Å²) in [5, 5.41) is 38.8. The van der Waals surface area contributed by atoms with E-state index in [1.807, 2.05) is 0 Å². The molecule has 0 spiro atoms. The van der Waals surface area contributed by atoms with Gasteiger partial charge in [0, 0.05) is 31.9 Å². The quantitative estimate of drug-likeness (QED) is 0.185. The van der Waals surface area contributed by atoms with E-state index in [-0.39, 0.29) is 32.7 Å². The number of carbonyl (C=O) groups is 5. The van der Waals surface area contributed by atoms with Crippen LogP contribution in [0.4, 0.5) is 5.69 Å². The summed E-state index contributed by atoms with van der Waals surface area (Å²) in [5.41, 5.74) is 0.544. The summed E-state index contributed by atoms with van der Waals surface area (Å²) in [4.78, 5) is 60.4. The van der Waals surface area contributed by atoms with Gasteiger partial charge in [-0.05, 0) is 12.1 Å². The van der Waals surface area contributed by atoms with Gasteiger partial charge in [-0.15, -0.1) is 0 Å². The Morgan fingerprint density at radius 2 is 0.939 bits per heavy atom. The van der Waals surface area contributed by atoms with Crippen molar-refractivity contribution in [1.82, 2.24) is 14.7 Å². The monoisotopic (exact) mass is 468 g/mol. The number of anilines is 1. The van der Waals surface area contributed by atoms with Crippen LogP contribution >= 0.6 is 0 Å². The molecule has 0 atom stereocenters. The lowest BCUT2D eigenvalue weighted by molar-refractivity contribution is -0.143. The summed E-state index contributed by atoms with van der Waals surface area (Å²) in [5.74, 6) is -5.22. The van der Waals surface area contributed by atoms with E-state index in [0.717, 1.165) is 4.90 Å². The second kappa shape index (κ2) is 14.5. The van der Waals surface area contributed by atoms with Gasteiger partial charge < -0.3 is 25.7 Å². The summed E-state index contributed by atoms with van der Waals surface area (Å²) in [6.45, 7) is -2.07. The predicted octanol–water partition coefficient (Wildman–Crippen LogP) is -1.13. The van der Waals surface area contributed by atoms with Crippen molar-refractivity contribution in [2.24, 2.45) is 0 Å². The number of rotatable bonds is 17. The second-order valence-electron chi connectivity index (χ2n) is 7.19. The lowest BCUT2D eigenvalue weighted by Crippen LogP contribution is -2.46. The zero-order chi connectivity index (χ0) is 24.8. The van der Waals surface area contributed by atoms with Gasteiger partial charge in [-0.25, -0.2) is 0 Å². The summed E-state index contributed by atoms with van der Waals surface area (Å²) >= 11 is 0. The highest BCUT2D eigenvalue weighted by Crippen LogP contribution is 2.05. The first-order valence-corrected chi connectivity index (χ1v) is 9.94. The Morgan fingerprint density at radius 1 is 0.576 bits per heavy atom. The number of benzene rings is 1. The van der Waals surface area contributed by atoms with Gasteiger partial charge in [0.15, 0.2) is 0 Å². The third-order valence-corrected chi connectivity index (χ3v) is 4.33. The van der Waals surface area contributed by atoms with E-state index in [0.29, 0.717) is 5.69 Å². The number of carboxylic acids is 4. The normalized spacial score (nSPS) is 11.0. The molecule has 1 aromatic carbocycles. The number of carboxylic acid groups (broad SMARTS) is 4. The maximum Gasteiger partial charge on any atom is 0.317 e. The molecule has 0 heterocycles. The topological polar surface area (TPSA) is 188 Å². The van der Waals surface area contributed by atoms with Crippen LogP contribution in [0.3, 0.4) is 0 Å². The number of para-hydroxylation sites is 1. The summed E-state index contributed by atoms with van der Waals surface area (Å²) in [6.07, 6.45) is 0. The molecule has 182 valence electrons. The Labute approximate surface area is 189 Å². The summed E-state index contributed by atoms with van der Waals surface area (Å²) in [6, 6.07) is 8.58. The molecule has 0 aliphatic carbocycles. The van der Waals surface area contributed by atoms with Crippen LogP contribution < -0.4 is 5.32 Å². The third-order valence-electron chi connectivity index (χ3n) is 4.33. The Kier molecular flexibility index (Phi) is 12.1. The second-order valence-corrected chi connectivity index (χ2v) is 7.19. The van der Waals surface area contributed by atoms with Crippen LogP contribution in [0.25, 0.3) is 0 Å². The van der Waals surface area contributed by atoms with Gasteiger partial charge in [0.2, 0.25) is 5.91 Å². The van der Waals surface area contributed by atoms with Crippen molar-refractivity contribution in [3.05, 3.63) is 30.3 Å². The molecule has 0 saturated heterocycles. The molecule has 0 fully saturated rings. The molecule has 13 nitrogen and oxygen atoms in total. The SMILES string of the molecule is O=C(O)CN(CCN(CC(=O)O)CC(=O)O)CCN(CC(=O)O)CC(=O)Nc1ccccc1. The Hall–Kier alpha value is -3.55. The highest BCUT2D eigenvalue weighted by atomic mass is 16.4. The molecule has 0 radical (unpaired) electrons. The zero-order valence-electron chi connectivity index (χ0n) is 17.9. The minimum absolute atomic E-state index is 0.0285. The van der Waals surface area contributed by atoms with Crippen molar-refractivity contribution in [2.75, 3.05) is 64.2 Å². The summed E-state index contributed by atoms with van der Waals surface area (Å²) < 4.78 is 0. The van der Waals surface area contributed by atoms with Gasteiger partial charge in [0.25, 0.3) is 0 Å². The molecule has 0 bridgehead atoms. The summed E-state index contributed by atoms with van der Waals surface area (Å²) in [7, 11) is 0. The number of hydrogen-bond acceptors (Lipinski definition) is 8. The molecule has 1 amide bonds. The van der Waals surface area contributed by atoms with Crippen molar-refractivity contribution < 1.29 is 44.4 Å². The molecule has 1 aromatic rings. The lowest BCUT2D eigenvalue weighted by atomic mass is 10.3. The number of hydrogen-bond donors (Lipinski definition) is 5. The fourth-order valence-electron chi connectivity index (χ4n) is 2.95. The van der Waals surface area contributed by atoms with E-state index in [1.165, 1.54) is 9.80 Å². The number of amides is 1. The number of aliphatic carboxylic acids is 4. The first-order valence-electron chi connectivity index (χ1n) is 9.94. The fraction of sp³-hybridized carbons (Fsp3) is 0.450. The minimum Gasteiger partial charge on any atom is -0.480 e. The van der Waals surface area contributed by atoms with E-state index in [4.69, 9.17) is 20.4 Å². The van der Waals surface area contributed by atoms with E-state index < -0.39 is 56.0 Å². The Bertz CT molecular complexity index is 803. The van der Waals surface area contributed by atoms with Crippen molar-refractivity contribution in [1.29, 1.82) is 0 Å². The number of nitrogens with zero attached hydrogens (tertiary/aromatic N) is 3. The maximum absolute atomic E-state index is 12.3. The Balaban J connectivity index is 2.72. The fourth-order valence-corrected chi connectivity index (χ4v) is 2.95. The van der Waals surface area contributed by atoms with Crippen LogP contribution in [-0.4, -0.2) is 124 Å². The molecule has 0 unspecified atom stereocenters. The number of nitrogens with one attached hydrogen (secondary N) is 1. The maximum atomic E-state index is 12.3. The largest absolute Gasteiger partial charge is 0.480 e. The van der Waals surface area contributed by atoms with E-state index in [1.54, 1.807) is 30.3 Å². The van der Waals surface area contributed by atoms with Gasteiger partial charge in [-0.2, -0.15) is 0 Å². The van der Waals surface area contributed by atoms with Crippen molar-refractivity contribution in [2.45, 2.75) is 0 Å². The van der Waals surface area contributed by atoms with Crippen LogP contribution in [0.1, 0.15) is 0 Å². The zero-order valence-corrected chi connectivity index (χ0v) is 17.9. The third kappa shape index (κ3) is 13.5. The van der Waals surface area contributed by atoms with Crippen LogP contribution in [0.2, 0.25) is 0 Å². The van der Waals surface area contributed by atoms with Crippen molar-refractivity contribution in [3.63, 3.8) is 0 Å². The van der Waals surface area contributed by atoms with Gasteiger partial charge >= 0.3 is 23.9 Å². The molecule has 0 aliphatic heterocycles. The average Bonchev–Trinajstić information content (AvgIpc) is 2.68. The van der Waals surface area contributed by atoms with E-state index in [2.05, 4.69) is 5.32 Å². The lowest BCUT2D eigenvalue weighted by Gasteiger charge is -2.27. The van der Waals surface area contributed by atoms with Gasteiger partial charge in [-0.1, -0.05) is 18.2 Å². The standard InChI is InChI=1S/C20H28N4O9/c25-16(21-15-4-2-1-3-5-15)10-23(12-18(28)29)8-6-22(11-17(26)27)7-9-24(13-19(30)31)14-20(32)33/h1-5H,6-14H2,(H,21,25)(H,26,27)(H,28,29)(H,30,31)(H,32,33). The average molecular weight is 468 g/mol. The Morgan fingerprint density at radius 3 is 1.36 bits per heavy atom. The number of carbonyl (C=O) groups excluding carboxylic acids is 1. The first-order chi connectivity index (χ1) is 15.5. The van der Waals surface area contributed by atoms with Crippen LogP contribution in [0.5, 0.6) is 0 Å². The van der Waals surface area contributed by atoms with Crippen molar-refractivity contribution in [3.8, 4) is 0 Å².